The fourth-order valence-corrected chi connectivity index (χ4v) is 1.20. The Morgan fingerprint density at radius 2 is 1.87 bits per heavy atom. The highest BCUT2D eigenvalue weighted by Crippen LogP contribution is 1.99. The molecule has 0 aliphatic heterocycles. The van der Waals surface area contributed by atoms with E-state index in [1.54, 1.807) is 17.3 Å². The maximum absolute atomic E-state index is 3.69. The average Bonchev–Trinajstić information content (AvgIpc) is 2.79. The minimum atomic E-state index is 0.743. The molecule has 0 spiro atoms. The van der Waals surface area contributed by atoms with Gasteiger partial charge in [-0.05, 0) is 5.56 Å². The Labute approximate surface area is 88.2 Å². The van der Waals surface area contributed by atoms with Crippen LogP contribution < -0.4 is 5.43 Å². The fourth-order valence-electron chi connectivity index (χ4n) is 1.20. The first kappa shape index (κ1) is 9.45. The predicted molar refractivity (Wildman–Crippen MR) is 59.7 cm³/mol. The van der Waals surface area contributed by atoms with Crippen LogP contribution in [-0.2, 0) is 0 Å². The number of rotatable bonds is 4. The van der Waals surface area contributed by atoms with Crippen molar-refractivity contribution >= 4 is 6.08 Å². The summed E-state index contributed by atoms with van der Waals surface area (Å²) in [5, 5.41) is 7.37. The van der Waals surface area contributed by atoms with Crippen molar-refractivity contribution in [3.63, 3.8) is 0 Å². The molecule has 0 aliphatic rings. The van der Waals surface area contributed by atoms with Crippen LogP contribution in [0.3, 0.4) is 0 Å². The summed E-state index contributed by atoms with van der Waals surface area (Å²) in [6.45, 7) is 0.743. The standard InChI is InChI=1S/C11H12N4/c1-2-5-11(6-3-1)7-4-8-14-15-9-12-13-10-15/h1-7,9-10,14H,8H2. The molecule has 0 fully saturated rings. The molecule has 4 nitrogen and oxygen atoms in total. The van der Waals surface area contributed by atoms with E-state index >= 15 is 0 Å². The van der Waals surface area contributed by atoms with E-state index in [0.717, 1.165) is 6.54 Å². The van der Waals surface area contributed by atoms with Crippen LogP contribution >= 0.6 is 0 Å². The minimum Gasteiger partial charge on any atom is -0.320 e. The van der Waals surface area contributed by atoms with Gasteiger partial charge in [0.15, 0.2) is 0 Å². The molecule has 1 N–H and O–H groups in total. The zero-order valence-electron chi connectivity index (χ0n) is 8.24. The van der Waals surface area contributed by atoms with Gasteiger partial charge in [-0.2, -0.15) is 0 Å². The first-order valence-corrected chi connectivity index (χ1v) is 4.75. The largest absolute Gasteiger partial charge is 0.320 e. The summed E-state index contributed by atoms with van der Waals surface area (Å²) in [6, 6.07) is 10.2. The van der Waals surface area contributed by atoms with E-state index in [9.17, 15) is 0 Å². The van der Waals surface area contributed by atoms with Crippen molar-refractivity contribution in [2.45, 2.75) is 0 Å². The van der Waals surface area contributed by atoms with Gasteiger partial charge >= 0.3 is 0 Å². The second-order valence-electron chi connectivity index (χ2n) is 3.04. The summed E-state index contributed by atoms with van der Waals surface area (Å²) in [6.07, 6.45) is 7.36. The number of aromatic nitrogens is 3. The molecular weight excluding hydrogens is 188 g/mol. The molecule has 1 heterocycles. The minimum absolute atomic E-state index is 0.743. The lowest BCUT2D eigenvalue weighted by Gasteiger charge is -2.00. The molecule has 0 saturated carbocycles. The molecule has 0 amide bonds. The molecule has 0 aliphatic carbocycles. The molecule has 0 radical (unpaired) electrons. The van der Waals surface area contributed by atoms with Crippen LogP contribution in [0.5, 0.6) is 0 Å². The van der Waals surface area contributed by atoms with E-state index in [2.05, 4.69) is 39.9 Å². The SMILES string of the molecule is C(=Cc1ccccc1)CNn1cnnc1. The van der Waals surface area contributed by atoms with Crippen molar-refractivity contribution in [1.29, 1.82) is 0 Å². The zero-order valence-corrected chi connectivity index (χ0v) is 8.24. The van der Waals surface area contributed by atoms with Gasteiger partial charge in [0.05, 0.1) is 0 Å². The van der Waals surface area contributed by atoms with Gasteiger partial charge in [0.25, 0.3) is 0 Å². The molecule has 0 atom stereocenters. The first-order chi connectivity index (χ1) is 7.45. The quantitative estimate of drug-likeness (QED) is 0.814. The lowest BCUT2D eigenvalue weighted by atomic mass is 10.2. The molecule has 2 aromatic rings. The third kappa shape index (κ3) is 2.95. The Hall–Kier alpha value is -2.10. The molecule has 15 heavy (non-hydrogen) atoms. The highest BCUT2D eigenvalue weighted by Gasteiger charge is 1.85. The van der Waals surface area contributed by atoms with Crippen LogP contribution in [0.25, 0.3) is 6.08 Å². The van der Waals surface area contributed by atoms with Crippen LogP contribution in [-0.4, -0.2) is 21.4 Å². The van der Waals surface area contributed by atoms with Gasteiger partial charge in [-0.15, -0.1) is 10.2 Å². The maximum atomic E-state index is 3.69. The number of nitrogens with zero attached hydrogens (tertiary/aromatic N) is 3. The van der Waals surface area contributed by atoms with Crippen molar-refractivity contribution in [3.8, 4) is 0 Å². The summed E-state index contributed by atoms with van der Waals surface area (Å²) in [7, 11) is 0. The Morgan fingerprint density at radius 3 is 2.60 bits per heavy atom. The number of hydrogen-bond acceptors (Lipinski definition) is 3. The van der Waals surface area contributed by atoms with Crippen LogP contribution in [0.2, 0.25) is 0 Å². The van der Waals surface area contributed by atoms with E-state index in [-0.39, 0.29) is 0 Å². The van der Waals surface area contributed by atoms with E-state index in [1.807, 2.05) is 18.2 Å². The normalized spacial score (nSPS) is 10.7. The fraction of sp³-hybridized carbons (Fsp3) is 0.0909. The Balaban J connectivity index is 1.81. The summed E-state index contributed by atoms with van der Waals surface area (Å²) < 4.78 is 1.72. The van der Waals surface area contributed by atoms with Gasteiger partial charge in [-0.3, -0.25) is 0 Å². The average molecular weight is 200 g/mol. The van der Waals surface area contributed by atoms with Gasteiger partial charge < -0.3 is 5.43 Å². The smallest absolute Gasteiger partial charge is 0.138 e. The van der Waals surface area contributed by atoms with E-state index < -0.39 is 0 Å². The molecule has 0 saturated heterocycles. The van der Waals surface area contributed by atoms with E-state index in [1.165, 1.54) is 5.56 Å². The van der Waals surface area contributed by atoms with Crippen molar-refractivity contribution in [1.82, 2.24) is 14.9 Å². The highest BCUT2D eigenvalue weighted by molar-refractivity contribution is 5.48. The summed E-state index contributed by atoms with van der Waals surface area (Å²) in [5.41, 5.74) is 4.30. The summed E-state index contributed by atoms with van der Waals surface area (Å²) in [4.78, 5) is 0. The molecule has 1 aromatic heterocycles. The Morgan fingerprint density at radius 1 is 1.13 bits per heavy atom. The zero-order chi connectivity index (χ0) is 10.3. The second-order valence-corrected chi connectivity index (χ2v) is 3.04. The maximum Gasteiger partial charge on any atom is 0.138 e. The molecule has 0 unspecified atom stereocenters. The first-order valence-electron chi connectivity index (χ1n) is 4.75. The predicted octanol–water partition coefficient (Wildman–Crippen LogP) is 1.53. The molecular formula is C11H12N4. The van der Waals surface area contributed by atoms with Gasteiger partial charge in [0, 0.05) is 6.54 Å². The lowest BCUT2D eigenvalue weighted by molar-refractivity contribution is 0.885. The molecule has 0 bridgehead atoms. The molecule has 1 aromatic carbocycles. The third-order valence-electron chi connectivity index (χ3n) is 1.92. The van der Waals surface area contributed by atoms with Crippen molar-refractivity contribution < 1.29 is 0 Å². The number of nitrogens with one attached hydrogen (secondary N) is 1. The van der Waals surface area contributed by atoms with Crippen molar-refractivity contribution in [3.05, 3.63) is 54.6 Å². The third-order valence-corrected chi connectivity index (χ3v) is 1.92. The van der Waals surface area contributed by atoms with E-state index in [4.69, 9.17) is 0 Å². The van der Waals surface area contributed by atoms with Crippen LogP contribution in [0, 0.1) is 0 Å². The number of hydrogen-bond donors (Lipinski definition) is 1. The topological polar surface area (TPSA) is 42.7 Å². The Bertz CT molecular complexity index is 405. The number of benzene rings is 1. The van der Waals surface area contributed by atoms with Crippen LogP contribution in [0.15, 0.2) is 49.1 Å². The Kier molecular flexibility index (Phi) is 3.12. The van der Waals surface area contributed by atoms with Gasteiger partial charge in [0.2, 0.25) is 0 Å². The van der Waals surface area contributed by atoms with Crippen LogP contribution in [0.1, 0.15) is 5.56 Å². The van der Waals surface area contributed by atoms with Gasteiger partial charge in [-0.1, -0.05) is 42.5 Å². The van der Waals surface area contributed by atoms with Crippen molar-refractivity contribution in [2.24, 2.45) is 0 Å². The molecule has 76 valence electrons. The second kappa shape index (κ2) is 4.95. The van der Waals surface area contributed by atoms with Gasteiger partial charge in [0.1, 0.15) is 12.7 Å². The van der Waals surface area contributed by atoms with Gasteiger partial charge in [-0.25, -0.2) is 4.68 Å². The van der Waals surface area contributed by atoms with Crippen molar-refractivity contribution in [2.75, 3.05) is 12.0 Å². The van der Waals surface area contributed by atoms with Crippen LogP contribution in [0.4, 0.5) is 0 Å². The highest BCUT2D eigenvalue weighted by atomic mass is 15.5. The van der Waals surface area contributed by atoms with E-state index in [0.29, 0.717) is 0 Å². The summed E-state index contributed by atoms with van der Waals surface area (Å²) >= 11 is 0. The summed E-state index contributed by atoms with van der Waals surface area (Å²) in [5.74, 6) is 0. The molecule has 2 rings (SSSR count). The lowest BCUT2D eigenvalue weighted by Crippen LogP contribution is -2.11. The molecule has 4 heteroatoms. The monoisotopic (exact) mass is 200 g/mol.